The molecule has 0 heterocycles. The molecule has 1 unspecified atom stereocenters. The molecule has 0 aliphatic heterocycles. The van der Waals surface area contributed by atoms with Crippen LogP contribution in [0.25, 0.3) is 0 Å². The summed E-state index contributed by atoms with van der Waals surface area (Å²) >= 11 is 18.9. The van der Waals surface area contributed by atoms with Crippen LogP contribution in [0.15, 0.2) is 42.5 Å². The third-order valence-electron chi connectivity index (χ3n) is 6.81. The predicted octanol–water partition coefficient (Wildman–Crippen LogP) is 8.95. The first-order valence-corrected chi connectivity index (χ1v) is 14.4. The fourth-order valence-electron chi connectivity index (χ4n) is 4.05. The summed E-state index contributed by atoms with van der Waals surface area (Å²) in [5.74, 6) is 1.27. The van der Waals surface area contributed by atoms with Crippen LogP contribution in [-0.2, 0) is 4.43 Å². The lowest BCUT2D eigenvalue weighted by Crippen LogP contribution is -2.41. The Morgan fingerprint density at radius 1 is 0.897 bits per heavy atom. The molecule has 2 aromatic rings. The Morgan fingerprint density at radius 3 is 2.07 bits per heavy atom. The van der Waals surface area contributed by atoms with Crippen LogP contribution < -0.4 is 0 Å². The molecule has 29 heavy (non-hydrogen) atoms. The number of hydrogen-bond donors (Lipinski definition) is 0. The molecule has 0 spiro atoms. The zero-order valence-electron chi connectivity index (χ0n) is 17.9. The molecule has 1 nitrogen and oxygen atoms in total. The van der Waals surface area contributed by atoms with E-state index in [-0.39, 0.29) is 5.04 Å². The van der Waals surface area contributed by atoms with Crippen molar-refractivity contribution in [3.05, 3.63) is 68.7 Å². The second-order valence-electron chi connectivity index (χ2n) is 9.84. The number of rotatable bonds is 5. The molecule has 0 aromatic heterocycles. The van der Waals surface area contributed by atoms with Crippen LogP contribution in [0.1, 0.15) is 56.6 Å². The van der Waals surface area contributed by atoms with Crippen LogP contribution in [0.3, 0.4) is 0 Å². The molecule has 0 amide bonds. The lowest BCUT2D eigenvalue weighted by molar-refractivity contribution is 0.228. The lowest BCUT2D eigenvalue weighted by Gasteiger charge is -2.37. The van der Waals surface area contributed by atoms with Crippen molar-refractivity contribution in [2.75, 3.05) is 6.61 Å². The maximum absolute atomic E-state index is 6.61. The van der Waals surface area contributed by atoms with Gasteiger partial charge in [-0.25, -0.2) is 0 Å². The van der Waals surface area contributed by atoms with E-state index < -0.39 is 8.32 Å². The minimum atomic E-state index is -1.76. The molecule has 0 radical (unpaired) electrons. The molecule has 1 aliphatic carbocycles. The van der Waals surface area contributed by atoms with Gasteiger partial charge in [0.05, 0.1) is 0 Å². The van der Waals surface area contributed by atoms with Crippen molar-refractivity contribution in [2.45, 2.75) is 63.6 Å². The van der Waals surface area contributed by atoms with Crippen molar-refractivity contribution >= 4 is 43.1 Å². The van der Waals surface area contributed by atoms with Crippen molar-refractivity contribution in [1.82, 2.24) is 0 Å². The van der Waals surface area contributed by atoms with E-state index in [1.54, 1.807) is 0 Å². The van der Waals surface area contributed by atoms with Gasteiger partial charge in [-0.1, -0.05) is 73.8 Å². The highest BCUT2D eigenvalue weighted by Gasteiger charge is 2.41. The van der Waals surface area contributed by atoms with Gasteiger partial charge in [-0.2, -0.15) is 0 Å². The lowest BCUT2D eigenvalue weighted by atomic mass is 9.84. The molecule has 1 saturated carbocycles. The molecule has 158 valence electrons. The standard InChI is InChI=1S/C24H31Cl3OSi/c1-24(2,3)29(4,5)28-15-16-12-21(17-6-8-18(25)9-7-17)22(13-16)20-11-10-19(26)14-23(20)27/h6-11,14,16,21-22H,12-13,15H2,1-5H3/t16?,21-,22+/m1/s1. The Balaban J connectivity index is 1.85. The van der Waals surface area contributed by atoms with Crippen LogP contribution in [-0.4, -0.2) is 14.9 Å². The Hall–Kier alpha value is -0.513. The van der Waals surface area contributed by atoms with E-state index in [0.29, 0.717) is 22.8 Å². The van der Waals surface area contributed by atoms with Gasteiger partial charge in [-0.05, 0) is 84.1 Å². The fraction of sp³-hybridized carbons (Fsp3) is 0.500. The van der Waals surface area contributed by atoms with Gasteiger partial charge >= 0.3 is 0 Å². The molecular formula is C24H31Cl3OSi. The smallest absolute Gasteiger partial charge is 0.191 e. The van der Waals surface area contributed by atoms with Crippen molar-refractivity contribution in [1.29, 1.82) is 0 Å². The first-order chi connectivity index (χ1) is 13.5. The zero-order chi connectivity index (χ0) is 21.4. The van der Waals surface area contributed by atoms with E-state index in [1.165, 1.54) is 11.1 Å². The first kappa shape index (κ1) is 23.2. The van der Waals surface area contributed by atoms with Gasteiger partial charge in [0.15, 0.2) is 8.32 Å². The highest BCUT2D eigenvalue weighted by Crippen LogP contribution is 2.51. The fourth-order valence-corrected chi connectivity index (χ4v) is 5.81. The summed E-state index contributed by atoms with van der Waals surface area (Å²) in [6.45, 7) is 12.3. The number of benzene rings is 2. The summed E-state index contributed by atoms with van der Waals surface area (Å²) in [7, 11) is -1.76. The maximum atomic E-state index is 6.61. The minimum Gasteiger partial charge on any atom is -0.417 e. The molecule has 2 aromatic carbocycles. The second-order valence-corrected chi connectivity index (χ2v) is 15.9. The summed E-state index contributed by atoms with van der Waals surface area (Å²) in [4.78, 5) is 0. The van der Waals surface area contributed by atoms with E-state index in [1.807, 2.05) is 24.3 Å². The molecule has 5 heteroatoms. The van der Waals surface area contributed by atoms with Gasteiger partial charge in [-0.3, -0.25) is 0 Å². The van der Waals surface area contributed by atoms with Crippen LogP contribution in [0.5, 0.6) is 0 Å². The van der Waals surface area contributed by atoms with E-state index in [2.05, 4.69) is 52.1 Å². The minimum absolute atomic E-state index is 0.222. The molecular weight excluding hydrogens is 439 g/mol. The molecule has 3 atom stereocenters. The summed E-state index contributed by atoms with van der Waals surface area (Å²) in [6, 6.07) is 14.2. The monoisotopic (exact) mass is 468 g/mol. The van der Waals surface area contributed by atoms with Crippen molar-refractivity contribution in [3.63, 3.8) is 0 Å². The van der Waals surface area contributed by atoms with E-state index in [9.17, 15) is 0 Å². The Kier molecular flexibility index (Phi) is 7.13. The van der Waals surface area contributed by atoms with E-state index in [0.717, 1.165) is 29.5 Å². The number of halogens is 3. The summed E-state index contributed by atoms with van der Waals surface area (Å²) in [5.41, 5.74) is 2.51. The van der Waals surface area contributed by atoms with Crippen molar-refractivity contribution < 1.29 is 4.43 Å². The summed E-state index contributed by atoms with van der Waals surface area (Å²) in [6.07, 6.45) is 2.17. The average Bonchev–Trinajstić information content (AvgIpc) is 3.04. The third-order valence-corrected chi connectivity index (χ3v) is 12.1. The number of hydrogen-bond acceptors (Lipinski definition) is 1. The van der Waals surface area contributed by atoms with E-state index >= 15 is 0 Å². The molecule has 1 fully saturated rings. The molecule has 0 bridgehead atoms. The van der Waals surface area contributed by atoms with E-state index in [4.69, 9.17) is 39.2 Å². The largest absolute Gasteiger partial charge is 0.417 e. The quantitative estimate of drug-likeness (QED) is 0.397. The maximum Gasteiger partial charge on any atom is 0.191 e. The first-order valence-electron chi connectivity index (χ1n) is 10.3. The van der Waals surface area contributed by atoms with Crippen molar-refractivity contribution in [3.8, 4) is 0 Å². The third kappa shape index (κ3) is 5.40. The van der Waals surface area contributed by atoms with Crippen LogP contribution in [0.2, 0.25) is 33.2 Å². The Labute approximate surface area is 191 Å². The SMILES string of the molecule is CC(C)(C)[Si](C)(C)OCC1C[C@H](c2ccc(Cl)cc2)[C@H](c2ccc(Cl)cc2Cl)C1. The molecule has 3 rings (SSSR count). The molecule has 0 N–H and O–H groups in total. The van der Waals surface area contributed by atoms with Gasteiger partial charge in [0.1, 0.15) is 0 Å². The van der Waals surface area contributed by atoms with Gasteiger partial charge < -0.3 is 4.43 Å². The van der Waals surface area contributed by atoms with Gasteiger partial charge in [-0.15, -0.1) is 0 Å². The highest BCUT2D eigenvalue weighted by atomic mass is 35.5. The predicted molar refractivity (Wildman–Crippen MR) is 129 cm³/mol. The van der Waals surface area contributed by atoms with Crippen LogP contribution >= 0.6 is 34.8 Å². The highest BCUT2D eigenvalue weighted by molar-refractivity contribution is 6.74. The topological polar surface area (TPSA) is 9.23 Å². The van der Waals surface area contributed by atoms with Gasteiger partial charge in [0, 0.05) is 21.7 Å². The Morgan fingerprint density at radius 2 is 1.48 bits per heavy atom. The van der Waals surface area contributed by atoms with Crippen molar-refractivity contribution in [2.24, 2.45) is 5.92 Å². The normalized spacial score (nSPS) is 22.8. The van der Waals surface area contributed by atoms with Gasteiger partial charge in [0.2, 0.25) is 0 Å². The zero-order valence-corrected chi connectivity index (χ0v) is 21.2. The van der Waals surface area contributed by atoms with Crippen LogP contribution in [0.4, 0.5) is 0 Å². The molecule has 1 aliphatic rings. The van der Waals surface area contributed by atoms with Crippen LogP contribution in [0, 0.1) is 5.92 Å². The second kappa shape index (κ2) is 8.92. The summed E-state index contributed by atoms with van der Waals surface area (Å²) < 4.78 is 6.58. The summed E-state index contributed by atoms with van der Waals surface area (Å²) in [5, 5.41) is 2.43. The average molecular weight is 470 g/mol. The Bertz CT molecular complexity index is 842. The molecule has 0 saturated heterocycles. The van der Waals surface area contributed by atoms with Gasteiger partial charge in [0.25, 0.3) is 0 Å².